The Hall–Kier alpha value is -2.37. The number of hydrogen-bond donors (Lipinski definition) is 3. The van der Waals surface area contributed by atoms with Crippen molar-refractivity contribution < 1.29 is 19.7 Å². The van der Waals surface area contributed by atoms with Gasteiger partial charge in [-0.05, 0) is 43.5 Å². The molecule has 0 spiro atoms. The molecule has 2 rings (SSSR count). The van der Waals surface area contributed by atoms with Gasteiger partial charge in [0.15, 0.2) is 0 Å². The van der Waals surface area contributed by atoms with E-state index in [1.165, 1.54) is 0 Å². The maximum absolute atomic E-state index is 12.3. The second-order valence-electron chi connectivity index (χ2n) is 6.54. The van der Waals surface area contributed by atoms with Gasteiger partial charge in [0.1, 0.15) is 11.9 Å². The second kappa shape index (κ2) is 9.94. The van der Waals surface area contributed by atoms with Crippen LogP contribution in [0.3, 0.4) is 0 Å². The summed E-state index contributed by atoms with van der Waals surface area (Å²) in [7, 11) is 0. The molecule has 0 saturated heterocycles. The number of hydrogen-bond acceptors (Lipinski definition) is 4. The molecule has 0 aromatic heterocycles. The standard InChI is InChI=1S/C21H27NO4/c1-15(23)14-26-21(18-9-11-19(24)12-10-18)16(2)22-20(25)13-8-17-6-4-3-5-7-17/h3-7,9-12,15-16,21,23-24H,8,13-14H2,1-2H3,(H,22,25)/t15-,16?,21+/m0/s1. The summed E-state index contributed by atoms with van der Waals surface area (Å²) in [6.45, 7) is 3.69. The number of phenols is 1. The zero-order valence-corrected chi connectivity index (χ0v) is 15.3. The Labute approximate surface area is 154 Å². The van der Waals surface area contributed by atoms with Gasteiger partial charge in [-0.25, -0.2) is 0 Å². The molecule has 0 bridgehead atoms. The number of nitrogens with one attached hydrogen (secondary N) is 1. The van der Waals surface area contributed by atoms with Gasteiger partial charge in [-0.3, -0.25) is 4.79 Å². The molecule has 0 aliphatic rings. The number of rotatable bonds is 9. The van der Waals surface area contributed by atoms with Crippen LogP contribution in [0.2, 0.25) is 0 Å². The summed E-state index contributed by atoms with van der Waals surface area (Å²) in [6, 6.07) is 16.3. The first kappa shape index (κ1) is 19.9. The number of carbonyl (C=O) groups is 1. The van der Waals surface area contributed by atoms with Gasteiger partial charge in [0.2, 0.25) is 5.91 Å². The summed E-state index contributed by atoms with van der Waals surface area (Å²) in [5, 5.41) is 22.0. The number of aliphatic hydroxyl groups is 1. The highest BCUT2D eigenvalue weighted by molar-refractivity contribution is 5.76. The third-order valence-corrected chi connectivity index (χ3v) is 4.06. The highest BCUT2D eigenvalue weighted by Gasteiger charge is 2.22. The summed E-state index contributed by atoms with van der Waals surface area (Å²) in [5.41, 5.74) is 1.95. The van der Waals surface area contributed by atoms with Gasteiger partial charge < -0.3 is 20.3 Å². The van der Waals surface area contributed by atoms with Crippen LogP contribution in [-0.2, 0) is 16.0 Å². The van der Waals surface area contributed by atoms with Crippen molar-refractivity contribution in [1.29, 1.82) is 0 Å². The van der Waals surface area contributed by atoms with Crippen LogP contribution in [0.25, 0.3) is 0 Å². The summed E-state index contributed by atoms with van der Waals surface area (Å²) in [4.78, 5) is 12.3. The number of amides is 1. The largest absolute Gasteiger partial charge is 0.508 e. The highest BCUT2D eigenvalue weighted by Crippen LogP contribution is 2.24. The molecule has 0 heterocycles. The first-order valence-corrected chi connectivity index (χ1v) is 8.87. The van der Waals surface area contributed by atoms with Crippen molar-refractivity contribution in [3.05, 3.63) is 65.7 Å². The van der Waals surface area contributed by atoms with Crippen molar-refractivity contribution in [2.24, 2.45) is 0 Å². The van der Waals surface area contributed by atoms with E-state index in [1.54, 1.807) is 31.2 Å². The van der Waals surface area contributed by atoms with Crippen molar-refractivity contribution in [3.8, 4) is 5.75 Å². The number of benzene rings is 2. The van der Waals surface area contributed by atoms with Crippen LogP contribution in [0.5, 0.6) is 5.75 Å². The van der Waals surface area contributed by atoms with Gasteiger partial charge >= 0.3 is 0 Å². The molecule has 1 amide bonds. The van der Waals surface area contributed by atoms with Crippen molar-refractivity contribution >= 4 is 5.91 Å². The Bertz CT molecular complexity index is 670. The van der Waals surface area contributed by atoms with Crippen LogP contribution in [0.15, 0.2) is 54.6 Å². The van der Waals surface area contributed by atoms with Crippen LogP contribution in [0.4, 0.5) is 0 Å². The lowest BCUT2D eigenvalue weighted by molar-refractivity contribution is -0.123. The van der Waals surface area contributed by atoms with Crippen molar-refractivity contribution in [3.63, 3.8) is 0 Å². The van der Waals surface area contributed by atoms with Gasteiger partial charge in [0, 0.05) is 6.42 Å². The summed E-state index contributed by atoms with van der Waals surface area (Å²) in [5.74, 6) is 0.119. The third kappa shape index (κ3) is 6.50. The van der Waals surface area contributed by atoms with Crippen molar-refractivity contribution in [1.82, 2.24) is 5.32 Å². The van der Waals surface area contributed by atoms with E-state index < -0.39 is 12.2 Å². The van der Waals surface area contributed by atoms with Crippen LogP contribution < -0.4 is 5.32 Å². The quantitative estimate of drug-likeness (QED) is 0.645. The summed E-state index contributed by atoms with van der Waals surface area (Å²) < 4.78 is 5.81. The first-order valence-electron chi connectivity index (χ1n) is 8.87. The topological polar surface area (TPSA) is 78.8 Å². The maximum atomic E-state index is 12.3. The summed E-state index contributed by atoms with van der Waals surface area (Å²) in [6.07, 6.45) is 0.0617. The Morgan fingerprint density at radius 1 is 1.08 bits per heavy atom. The van der Waals surface area contributed by atoms with Gasteiger partial charge in [-0.1, -0.05) is 42.5 Å². The molecule has 2 aromatic carbocycles. The van der Waals surface area contributed by atoms with Gasteiger partial charge in [0.25, 0.3) is 0 Å². The summed E-state index contributed by atoms with van der Waals surface area (Å²) >= 11 is 0. The number of aliphatic hydroxyl groups excluding tert-OH is 1. The molecule has 26 heavy (non-hydrogen) atoms. The molecule has 5 nitrogen and oxygen atoms in total. The zero-order valence-electron chi connectivity index (χ0n) is 15.3. The lowest BCUT2D eigenvalue weighted by atomic mass is 10.0. The molecule has 0 fully saturated rings. The fraction of sp³-hybridized carbons (Fsp3) is 0.381. The lowest BCUT2D eigenvalue weighted by Crippen LogP contribution is -2.38. The monoisotopic (exact) mass is 357 g/mol. The number of ether oxygens (including phenoxy) is 1. The minimum atomic E-state index is -0.601. The molecular formula is C21H27NO4. The Morgan fingerprint density at radius 3 is 2.35 bits per heavy atom. The molecule has 0 saturated carbocycles. The predicted octanol–water partition coefficient (Wildman–Crippen LogP) is 2.97. The fourth-order valence-corrected chi connectivity index (χ4v) is 2.74. The van der Waals surface area contributed by atoms with Gasteiger partial charge in [-0.2, -0.15) is 0 Å². The highest BCUT2D eigenvalue weighted by atomic mass is 16.5. The smallest absolute Gasteiger partial charge is 0.220 e. The molecule has 5 heteroatoms. The van der Waals surface area contributed by atoms with Crippen LogP contribution in [0.1, 0.15) is 37.5 Å². The maximum Gasteiger partial charge on any atom is 0.220 e. The minimum Gasteiger partial charge on any atom is -0.508 e. The lowest BCUT2D eigenvalue weighted by Gasteiger charge is -2.26. The Kier molecular flexibility index (Phi) is 7.63. The Morgan fingerprint density at radius 2 is 1.73 bits per heavy atom. The van der Waals surface area contributed by atoms with E-state index >= 15 is 0 Å². The van der Waals surface area contributed by atoms with Crippen molar-refractivity contribution in [2.45, 2.75) is 44.9 Å². The molecule has 2 aromatic rings. The number of aryl methyl sites for hydroxylation is 1. The fourth-order valence-electron chi connectivity index (χ4n) is 2.74. The first-order chi connectivity index (χ1) is 12.5. The van der Waals surface area contributed by atoms with E-state index in [4.69, 9.17) is 4.74 Å². The molecule has 0 radical (unpaired) electrons. The zero-order chi connectivity index (χ0) is 18.9. The molecule has 0 aliphatic heterocycles. The van der Waals surface area contributed by atoms with E-state index in [1.807, 2.05) is 37.3 Å². The van der Waals surface area contributed by atoms with E-state index in [-0.39, 0.29) is 24.3 Å². The second-order valence-corrected chi connectivity index (χ2v) is 6.54. The molecule has 3 N–H and O–H groups in total. The van der Waals surface area contributed by atoms with E-state index in [9.17, 15) is 15.0 Å². The molecule has 1 unspecified atom stereocenters. The van der Waals surface area contributed by atoms with E-state index in [0.717, 1.165) is 11.1 Å². The van der Waals surface area contributed by atoms with E-state index in [0.29, 0.717) is 12.8 Å². The van der Waals surface area contributed by atoms with E-state index in [2.05, 4.69) is 5.32 Å². The third-order valence-electron chi connectivity index (χ3n) is 4.06. The van der Waals surface area contributed by atoms with Crippen molar-refractivity contribution in [2.75, 3.05) is 6.61 Å². The molecule has 140 valence electrons. The number of aromatic hydroxyl groups is 1. The Balaban J connectivity index is 1.97. The minimum absolute atomic E-state index is 0.0502. The molecule has 3 atom stereocenters. The normalized spacial score (nSPS) is 14.4. The molecular weight excluding hydrogens is 330 g/mol. The average molecular weight is 357 g/mol. The van der Waals surface area contributed by atoms with Crippen LogP contribution in [-0.4, -0.2) is 34.9 Å². The van der Waals surface area contributed by atoms with Crippen LogP contribution >= 0.6 is 0 Å². The number of carbonyl (C=O) groups excluding carboxylic acids is 1. The van der Waals surface area contributed by atoms with Gasteiger partial charge in [0.05, 0.1) is 18.8 Å². The van der Waals surface area contributed by atoms with Gasteiger partial charge in [-0.15, -0.1) is 0 Å². The average Bonchev–Trinajstić information content (AvgIpc) is 2.62. The predicted molar refractivity (Wildman–Crippen MR) is 101 cm³/mol. The van der Waals surface area contributed by atoms with Crippen LogP contribution in [0, 0.1) is 0 Å². The molecule has 0 aliphatic carbocycles. The SMILES string of the molecule is CC(NC(=O)CCc1ccccc1)[C@@H](OC[C@H](C)O)c1ccc(O)cc1. The number of phenolic OH excluding ortho intramolecular Hbond substituents is 1.